The number of nitrogens with zero attached hydrogens (tertiary/aromatic N) is 4. The number of hydrogen-bond acceptors (Lipinski definition) is 7. The minimum Gasteiger partial charge on any atom is -0.394 e. The number of aromatic nitrogens is 4. The second kappa shape index (κ2) is 8.08. The van der Waals surface area contributed by atoms with Crippen LogP contribution in [0.2, 0.25) is 5.02 Å². The molecule has 2 aromatic heterocycles. The number of hydrogen-bond donors (Lipinski definition) is 3. The lowest BCUT2D eigenvalue weighted by Gasteiger charge is -2.15. The Kier molecular flexibility index (Phi) is 5.79. The molecule has 3 N–H and O–H groups in total. The fourth-order valence-electron chi connectivity index (χ4n) is 2.47. The molecule has 0 amide bonds. The van der Waals surface area contributed by atoms with E-state index in [1.165, 1.54) is 6.20 Å². The van der Waals surface area contributed by atoms with E-state index in [0.717, 1.165) is 5.30 Å². The molecule has 27 heavy (non-hydrogen) atoms. The van der Waals surface area contributed by atoms with Crippen LogP contribution in [0.25, 0.3) is 0 Å². The highest BCUT2D eigenvalue weighted by molar-refractivity contribution is 7.70. The van der Waals surface area contributed by atoms with Crippen LogP contribution in [0.1, 0.15) is 0 Å². The molecule has 0 aliphatic heterocycles. The zero-order valence-corrected chi connectivity index (χ0v) is 16.6. The molecule has 8 nitrogen and oxygen atoms in total. The highest BCUT2D eigenvalue weighted by Gasteiger charge is 2.17. The number of rotatable bonds is 7. The average Bonchev–Trinajstić information content (AvgIpc) is 3.05. The van der Waals surface area contributed by atoms with Crippen LogP contribution in [-0.4, -0.2) is 44.8 Å². The fraction of sp³-hybridized carbons (Fsp3) is 0.235. The minimum atomic E-state index is -2.47. The summed E-state index contributed by atoms with van der Waals surface area (Å²) in [7, 11) is -2.47. The van der Waals surface area contributed by atoms with Gasteiger partial charge in [-0.3, -0.25) is 4.68 Å². The van der Waals surface area contributed by atoms with Gasteiger partial charge in [-0.2, -0.15) is 10.1 Å². The van der Waals surface area contributed by atoms with Crippen molar-refractivity contribution in [1.29, 1.82) is 0 Å². The van der Waals surface area contributed by atoms with Crippen LogP contribution in [0.15, 0.2) is 42.9 Å². The predicted octanol–water partition coefficient (Wildman–Crippen LogP) is 3.05. The van der Waals surface area contributed by atoms with Crippen LogP contribution in [-0.2, 0) is 11.1 Å². The Morgan fingerprint density at radius 1 is 1.22 bits per heavy atom. The molecule has 0 aliphatic rings. The first kappa shape index (κ1) is 19.4. The van der Waals surface area contributed by atoms with Gasteiger partial charge in [-0.05, 0) is 25.5 Å². The second-order valence-electron chi connectivity index (χ2n) is 6.22. The van der Waals surface area contributed by atoms with E-state index in [1.54, 1.807) is 30.4 Å². The molecule has 0 saturated carbocycles. The summed E-state index contributed by atoms with van der Waals surface area (Å²) in [6, 6.07) is 7.36. The van der Waals surface area contributed by atoms with Gasteiger partial charge in [-0.15, -0.1) is 0 Å². The number of nitrogens with one attached hydrogen (secondary N) is 2. The van der Waals surface area contributed by atoms with E-state index in [4.69, 9.17) is 16.7 Å². The first-order valence-corrected chi connectivity index (χ1v) is 11.2. The van der Waals surface area contributed by atoms with Crippen LogP contribution in [0, 0.1) is 0 Å². The Morgan fingerprint density at radius 3 is 2.74 bits per heavy atom. The molecule has 0 atom stereocenters. The molecule has 3 rings (SSSR count). The van der Waals surface area contributed by atoms with E-state index >= 15 is 0 Å². The lowest BCUT2D eigenvalue weighted by atomic mass is 10.3. The number of aliphatic hydroxyl groups is 1. The summed E-state index contributed by atoms with van der Waals surface area (Å²) in [6.07, 6.45) is 4.83. The van der Waals surface area contributed by atoms with Gasteiger partial charge in [0, 0.05) is 11.5 Å². The smallest absolute Gasteiger partial charge is 0.229 e. The third-order valence-electron chi connectivity index (χ3n) is 3.70. The van der Waals surface area contributed by atoms with Gasteiger partial charge in [0.2, 0.25) is 5.95 Å². The van der Waals surface area contributed by atoms with Crippen molar-refractivity contribution >= 4 is 47.2 Å². The van der Waals surface area contributed by atoms with E-state index in [-0.39, 0.29) is 6.61 Å². The van der Waals surface area contributed by atoms with Gasteiger partial charge >= 0.3 is 0 Å². The molecule has 2 heterocycles. The van der Waals surface area contributed by atoms with E-state index in [0.29, 0.717) is 34.7 Å². The molecule has 0 fully saturated rings. The minimum absolute atomic E-state index is 0.00472. The Hall–Kier alpha value is -2.41. The summed E-state index contributed by atoms with van der Waals surface area (Å²) >= 11 is 6.23. The summed E-state index contributed by atoms with van der Waals surface area (Å²) in [5.41, 5.74) is 1.37. The highest BCUT2D eigenvalue weighted by Crippen LogP contribution is 2.38. The molecule has 0 bridgehead atoms. The quantitative estimate of drug-likeness (QED) is 0.518. The molecule has 0 saturated heterocycles. The second-order valence-corrected chi connectivity index (χ2v) is 9.81. The number of aliphatic hydroxyl groups excluding tert-OH is 1. The monoisotopic (exact) mass is 406 g/mol. The largest absolute Gasteiger partial charge is 0.394 e. The van der Waals surface area contributed by atoms with E-state index in [1.807, 2.05) is 24.3 Å². The van der Waals surface area contributed by atoms with Crippen molar-refractivity contribution in [1.82, 2.24) is 19.7 Å². The Bertz CT molecular complexity index is 987. The van der Waals surface area contributed by atoms with Crippen molar-refractivity contribution < 1.29 is 9.67 Å². The summed E-state index contributed by atoms with van der Waals surface area (Å²) in [5, 5.41) is 20.3. The number of anilines is 4. The Morgan fingerprint density at radius 2 is 2.00 bits per heavy atom. The molecule has 142 valence electrons. The first-order valence-electron chi connectivity index (χ1n) is 8.21. The zero-order chi connectivity index (χ0) is 19.4. The topological polar surface area (TPSA) is 105 Å². The molecule has 0 spiro atoms. The van der Waals surface area contributed by atoms with Crippen molar-refractivity contribution in [2.45, 2.75) is 6.54 Å². The first-order chi connectivity index (χ1) is 12.9. The lowest BCUT2D eigenvalue weighted by Crippen LogP contribution is -2.10. The van der Waals surface area contributed by atoms with Crippen molar-refractivity contribution in [3.05, 3.63) is 47.9 Å². The standard InChI is InChI=1S/C17H20ClN6O2P/c1-27(2,26)15-6-4-3-5-14(15)22-16-13(18)10-19-17(23-16)21-12-9-20-24(11-12)7-8-25/h3-6,9-11,25H,7-8H2,1-2H3,(H2,19,21,22,23). The molecular formula is C17H20ClN6O2P. The van der Waals surface area contributed by atoms with Crippen LogP contribution >= 0.6 is 18.7 Å². The van der Waals surface area contributed by atoms with Gasteiger partial charge in [0.15, 0.2) is 5.82 Å². The van der Waals surface area contributed by atoms with Crippen molar-refractivity contribution in [3.63, 3.8) is 0 Å². The van der Waals surface area contributed by atoms with E-state index < -0.39 is 7.14 Å². The predicted molar refractivity (Wildman–Crippen MR) is 108 cm³/mol. The Labute approximate surface area is 162 Å². The summed E-state index contributed by atoms with van der Waals surface area (Å²) < 4.78 is 14.1. The van der Waals surface area contributed by atoms with Crippen LogP contribution in [0.3, 0.4) is 0 Å². The average molecular weight is 407 g/mol. The van der Waals surface area contributed by atoms with Crippen molar-refractivity contribution in [2.75, 3.05) is 30.6 Å². The summed E-state index contributed by atoms with van der Waals surface area (Å²) in [6.45, 7) is 3.84. The van der Waals surface area contributed by atoms with Gasteiger partial charge in [0.25, 0.3) is 0 Å². The molecule has 1 aromatic carbocycles. The molecule has 0 unspecified atom stereocenters. The molecule has 0 aliphatic carbocycles. The fourth-order valence-corrected chi connectivity index (χ4v) is 3.77. The maximum absolute atomic E-state index is 12.5. The highest BCUT2D eigenvalue weighted by atomic mass is 35.5. The lowest BCUT2D eigenvalue weighted by molar-refractivity contribution is 0.269. The summed E-state index contributed by atoms with van der Waals surface area (Å²) in [4.78, 5) is 8.57. The molecule has 0 radical (unpaired) electrons. The van der Waals surface area contributed by atoms with Gasteiger partial charge < -0.3 is 20.3 Å². The normalized spacial score (nSPS) is 11.4. The van der Waals surface area contributed by atoms with Crippen molar-refractivity contribution in [2.24, 2.45) is 0 Å². The van der Waals surface area contributed by atoms with Crippen molar-refractivity contribution in [3.8, 4) is 0 Å². The molecule has 10 heteroatoms. The van der Waals surface area contributed by atoms with E-state index in [2.05, 4.69) is 25.7 Å². The van der Waals surface area contributed by atoms with E-state index in [9.17, 15) is 4.57 Å². The maximum Gasteiger partial charge on any atom is 0.229 e. The summed E-state index contributed by atoms with van der Waals surface area (Å²) in [5.74, 6) is 0.733. The number of benzene rings is 1. The van der Waals surface area contributed by atoms with Gasteiger partial charge in [-0.1, -0.05) is 23.7 Å². The van der Waals surface area contributed by atoms with Gasteiger partial charge in [0.1, 0.15) is 12.2 Å². The van der Waals surface area contributed by atoms with Crippen LogP contribution < -0.4 is 15.9 Å². The van der Waals surface area contributed by atoms with Gasteiger partial charge in [-0.25, -0.2) is 4.98 Å². The Balaban J connectivity index is 1.85. The van der Waals surface area contributed by atoms with Gasteiger partial charge in [0.05, 0.1) is 36.9 Å². The van der Waals surface area contributed by atoms with Crippen LogP contribution in [0.5, 0.6) is 0 Å². The number of para-hydroxylation sites is 1. The molecular weight excluding hydrogens is 387 g/mol. The SMILES string of the molecule is CP(C)(=O)c1ccccc1Nc1nc(Nc2cnn(CCO)c2)ncc1Cl. The third kappa shape index (κ3) is 4.86. The van der Waals surface area contributed by atoms with Crippen LogP contribution in [0.4, 0.5) is 23.1 Å². The number of halogens is 1. The third-order valence-corrected chi connectivity index (χ3v) is 5.53. The zero-order valence-electron chi connectivity index (χ0n) is 14.9. The molecule has 3 aromatic rings. The maximum atomic E-state index is 12.5.